The first kappa shape index (κ1) is 17.4. The Morgan fingerprint density at radius 1 is 1.15 bits per heavy atom. The summed E-state index contributed by atoms with van der Waals surface area (Å²) in [6.45, 7) is 1.48. The van der Waals surface area contributed by atoms with Crippen molar-refractivity contribution >= 4 is 23.6 Å². The number of piperidine rings is 1. The van der Waals surface area contributed by atoms with Crippen LogP contribution < -0.4 is 14.8 Å². The van der Waals surface area contributed by atoms with Gasteiger partial charge in [0.05, 0.1) is 5.92 Å². The number of nitrogens with one attached hydrogen (secondary N) is 1. The minimum Gasteiger partial charge on any atom is -0.481 e. The van der Waals surface area contributed by atoms with Crippen molar-refractivity contribution < 1.29 is 29.0 Å². The first-order valence-corrected chi connectivity index (χ1v) is 8.99. The number of fused-ring (bicyclic) bond motifs is 1. The number of carboxylic acid groups (broad SMARTS) is 1. The molecule has 3 aliphatic heterocycles. The Labute approximate surface area is 155 Å². The third-order valence-corrected chi connectivity index (χ3v) is 5.32. The van der Waals surface area contributed by atoms with Crippen LogP contribution in [-0.2, 0) is 9.59 Å². The fraction of sp³-hybridized carbons (Fsp3) is 0.500. The second kappa shape index (κ2) is 6.98. The SMILES string of the molecule is O=C(O)C1CC(=O)N(C2CCN(C(=O)Nc3ccc4c(c3)OCO4)CC2)C1. The van der Waals surface area contributed by atoms with Crippen LogP contribution in [0.5, 0.6) is 11.5 Å². The molecule has 3 heterocycles. The molecule has 2 fully saturated rings. The summed E-state index contributed by atoms with van der Waals surface area (Å²) in [5, 5.41) is 12.0. The summed E-state index contributed by atoms with van der Waals surface area (Å²) >= 11 is 0. The number of aliphatic carboxylic acids is 1. The summed E-state index contributed by atoms with van der Waals surface area (Å²) in [6, 6.07) is 5.02. The summed E-state index contributed by atoms with van der Waals surface area (Å²) in [5.74, 6) is -0.391. The number of amides is 3. The summed E-state index contributed by atoms with van der Waals surface area (Å²) < 4.78 is 10.6. The molecule has 9 nitrogen and oxygen atoms in total. The molecule has 0 spiro atoms. The molecule has 4 rings (SSSR count). The van der Waals surface area contributed by atoms with Gasteiger partial charge in [-0.15, -0.1) is 0 Å². The number of ether oxygens (including phenoxy) is 2. The molecule has 1 unspecified atom stereocenters. The molecular formula is C18H21N3O6. The second-order valence-corrected chi connectivity index (χ2v) is 7.00. The van der Waals surface area contributed by atoms with Gasteiger partial charge in [0.1, 0.15) is 0 Å². The van der Waals surface area contributed by atoms with Gasteiger partial charge in [-0.3, -0.25) is 9.59 Å². The fourth-order valence-corrected chi connectivity index (χ4v) is 3.81. The number of carbonyl (C=O) groups is 3. The fourth-order valence-electron chi connectivity index (χ4n) is 3.81. The zero-order valence-electron chi connectivity index (χ0n) is 14.7. The van der Waals surface area contributed by atoms with Gasteiger partial charge in [0.2, 0.25) is 12.7 Å². The zero-order chi connectivity index (χ0) is 19.0. The zero-order valence-corrected chi connectivity index (χ0v) is 14.7. The van der Waals surface area contributed by atoms with E-state index in [0.717, 1.165) is 0 Å². The number of hydrogen-bond donors (Lipinski definition) is 2. The molecule has 3 amide bonds. The quantitative estimate of drug-likeness (QED) is 0.825. The molecule has 9 heteroatoms. The average Bonchev–Trinajstić information content (AvgIpc) is 3.28. The number of hydrogen-bond acceptors (Lipinski definition) is 5. The van der Waals surface area contributed by atoms with Crippen LogP contribution in [0.15, 0.2) is 18.2 Å². The molecule has 0 saturated carbocycles. The Kier molecular flexibility index (Phi) is 4.51. The monoisotopic (exact) mass is 375 g/mol. The number of nitrogens with zero attached hydrogens (tertiary/aromatic N) is 2. The van der Waals surface area contributed by atoms with Crippen molar-refractivity contribution in [1.29, 1.82) is 0 Å². The number of benzene rings is 1. The molecule has 2 N–H and O–H groups in total. The normalized spacial score (nSPS) is 22.2. The maximum Gasteiger partial charge on any atom is 0.321 e. The molecule has 1 aromatic carbocycles. The van der Waals surface area contributed by atoms with Crippen molar-refractivity contribution in [2.75, 3.05) is 31.7 Å². The molecule has 0 bridgehead atoms. The summed E-state index contributed by atoms with van der Waals surface area (Å²) in [4.78, 5) is 39.1. The van der Waals surface area contributed by atoms with E-state index < -0.39 is 11.9 Å². The van der Waals surface area contributed by atoms with Crippen molar-refractivity contribution in [2.45, 2.75) is 25.3 Å². The van der Waals surface area contributed by atoms with Crippen LogP contribution in [0.25, 0.3) is 0 Å². The maximum absolute atomic E-state index is 12.5. The molecule has 1 atom stereocenters. The molecule has 1 aromatic rings. The van der Waals surface area contributed by atoms with E-state index in [4.69, 9.17) is 14.6 Å². The highest BCUT2D eigenvalue weighted by atomic mass is 16.7. The van der Waals surface area contributed by atoms with E-state index in [9.17, 15) is 14.4 Å². The van der Waals surface area contributed by atoms with Crippen molar-refractivity contribution in [2.24, 2.45) is 5.92 Å². The number of likely N-dealkylation sites (tertiary alicyclic amines) is 2. The minimum absolute atomic E-state index is 0.00329. The number of anilines is 1. The predicted molar refractivity (Wildman–Crippen MR) is 93.6 cm³/mol. The van der Waals surface area contributed by atoms with Gasteiger partial charge in [0.15, 0.2) is 11.5 Å². The van der Waals surface area contributed by atoms with Crippen LogP contribution in [0.4, 0.5) is 10.5 Å². The van der Waals surface area contributed by atoms with E-state index >= 15 is 0 Å². The average molecular weight is 375 g/mol. The maximum atomic E-state index is 12.5. The smallest absolute Gasteiger partial charge is 0.321 e. The number of rotatable bonds is 3. The topological polar surface area (TPSA) is 108 Å². The van der Waals surface area contributed by atoms with Gasteiger partial charge in [-0.25, -0.2) is 4.79 Å². The predicted octanol–water partition coefficient (Wildman–Crippen LogP) is 1.34. The van der Waals surface area contributed by atoms with E-state index in [1.165, 1.54) is 0 Å². The highest BCUT2D eigenvalue weighted by Gasteiger charge is 2.39. The van der Waals surface area contributed by atoms with E-state index in [-0.39, 0.29) is 37.7 Å². The van der Waals surface area contributed by atoms with Gasteiger partial charge in [0, 0.05) is 43.9 Å². The van der Waals surface area contributed by atoms with Crippen molar-refractivity contribution in [3.63, 3.8) is 0 Å². The van der Waals surface area contributed by atoms with Gasteiger partial charge < -0.3 is 29.7 Å². The number of carbonyl (C=O) groups excluding carboxylic acids is 2. The summed E-state index contributed by atoms with van der Waals surface area (Å²) in [6.07, 6.45) is 1.36. The molecule has 0 radical (unpaired) electrons. The van der Waals surface area contributed by atoms with E-state index in [0.29, 0.717) is 43.1 Å². The molecule has 3 aliphatic rings. The first-order valence-electron chi connectivity index (χ1n) is 8.99. The van der Waals surface area contributed by atoms with Crippen LogP contribution in [0, 0.1) is 5.92 Å². The van der Waals surface area contributed by atoms with Crippen LogP contribution in [0.2, 0.25) is 0 Å². The third kappa shape index (κ3) is 3.49. The van der Waals surface area contributed by atoms with Crippen molar-refractivity contribution in [3.8, 4) is 11.5 Å². The lowest BCUT2D eigenvalue weighted by molar-refractivity contribution is -0.141. The van der Waals surface area contributed by atoms with Crippen molar-refractivity contribution in [3.05, 3.63) is 18.2 Å². The standard InChI is InChI=1S/C18H21N3O6/c22-16-7-11(17(23)24)9-21(16)13-3-5-20(6-4-13)18(25)19-12-1-2-14-15(8-12)27-10-26-14/h1-2,8,11,13H,3-7,9-10H2,(H,19,25)(H,23,24). The molecule has 0 aromatic heterocycles. The van der Waals surface area contributed by atoms with Gasteiger partial charge in [-0.2, -0.15) is 0 Å². The number of carboxylic acids is 1. The van der Waals surface area contributed by atoms with Crippen LogP contribution in [0.3, 0.4) is 0 Å². The lowest BCUT2D eigenvalue weighted by Crippen LogP contribution is -2.48. The van der Waals surface area contributed by atoms with E-state index in [2.05, 4.69) is 5.32 Å². The Balaban J connectivity index is 1.31. The Bertz CT molecular complexity index is 774. The Morgan fingerprint density at radius 3 is 2.59 bits per heavy atom. The lowest BCUT2D eigenvalue weighted by Gasteiger charge is -2.36. The van der Waals surface area contributed by atoms with E-state index in [1.807, 2.05) is 0 Å². The Morgan fingerprint density at radius 2 is 1.89 bits per heavy atom. The van der Waals surface area contributed by atoms with Crippen molar-refractivity contribution in [1.82, 2.24) is 9.80 Å². The highest BCUT2D eigenvalue weighted by Crippen LogP contribution is 2.34. The van der Waals surface area contributed by atoms with Gasteiger partial charge in [-0.1, -0.05) is 0 Å². The summed E-state index contributed by atoms with van der Waals surface area (Å²) in [7, 11) is 0. The minimum atomic E-state index is -0.925. The van der Waals surface area contributed by atoms with Crippen LogP contribution >= 0.6 is 0 Å². The molecule has 27 heavy (non-hydrogen) atoms. The lowest BCUT2D eigenvalue weighted by atomic mass is 10.0. The molecule has 144 valence electrons. The second-order valence-electron chi connectivity index (χ2n) is 7.00. The van der Waals surface area contributed by atoms with Gasteiger partial charge in [0.25, 0.3) is 0 Å². The molecular weight excluding hydrogens is 354 g/mol. The highest BCUT2D eigenvalue weighted by molar-refractivity contribution is 5.90. The summed E-state index contributed by atoms with van der Waals surface area (Å²) in [5.41, 5.74) is 0.630. The molecule has 2 saturated heterocycles. The van der Waals surface area contributed by atoms with Gasteiger partial charge >= 0.3 is 12.0 Å². The number of urea groups is 1. The molecule has 0 aliphatic carbocycles. The Hall–Kier alpha value is -2.97. The van der Waals surface area contributed by atoms with Crippen LogP contribution in [-0.4, -0.2) is 65.3 Å². The first-order chi connectivity index (χ1) is 13.0. The third-order valence-electron chi connectivity index (χ3n) is 5.32. The van der Waals surface area contributed by atoms with Crippen LogP contribution in [0.1, 0.15) is 19.3 Å². The van der Waals surface area contributed by atoms with Gasteiger partial charge in [-0.05, 0) is 25.0 Å². The largest absolute Gasteiger partial charge is 0.481 e. The van der Waals surface area contributed by atoms with E-state index in [1.54, 1.807) is 28.0 Å².